The summed E-state index contributed by atoms with van der Waals surface area (Å²) in [6.07, 6.45) is 6.38. The van der Waals surface area contributed by atoms with E-state index in [2.05, 4.69) is 20.7 Å². The lowest BCUT2D eigenvalue weighted by Crippen LogP contribution is -2.05. The van der Waals surface area contributed by atoms with Crippen molar-refractivity contribution in [3.8, 4) is 0 Å². The summed E-state index contributed by atoms with van der Waals surface area (Å²) in [6.45, 7) is 7.65. The summed E-state index contributed by atoms with van der Waals surface area (Å²) < 4.78 is 18.8. The zero-order valence-corrected chi connectivity index (χ0v) is 38.4. The van der Waals surface area contributed by atoms with Gasteiger partial charge in [-0.05, 0) is 95.5 Å². The van der Waals surface area contributed by atoms with Crippen LogP contribution in [0.2, 0.25) is 0 Å². The van der Waals surface area contributed by atoms with Gasteiger partial charge in [0, 0.05) is 5.33 Å². The lowest BCUT2D eigenvalue weighted by atomic mass is 10.0. The third kappa shape index (κ3) is 17.1. The Morgan fingerprint density at radius 3 is 1.17 bits per heavy atom. The number of aliphatic hydroxyl groups excluding tert-OH is 1. The number of aliphatic hydroxyl groups is 1. The largest absolute Gasteiger partial charge is 0.515 e. The standard InChI is InChI=1S/C12H13BrO2S.C12H14O2S.C12H14O2.C11H12O3.CH4/c1-15-12(14)11(8-16-2)10-6-4-3-5-9(10)7-13;1-9-6-4-5-7-10(9)11(8-15-3)12(13)14-2;1-4-10(12(13)14-3)11-8-6-5-7-9(11)2;1-8-5-3-4-6-9(8)10(7-12)11(13)14-2;/h3-6,8H,7H2,1-2H3;4-8H,1-3H3;4-8H,1-3H3;3-7,12H,1-2H3;1H4/b2*11-8+;10-4+;10-7+;. The molecule has 0 bridgehead atoms. The van der Waals surface area contributed by atoms with Gasteiger partial charge in [-0.2, -0.15) is 0 Å². The first kappa shape index (κ1) is 54.7. The number of ether oxygens (including phenoxy) is 4. The average Bonchev–Trinajstić information content (AvgIpc) is 3.26. The first-order chi connectivity index (χ1) is 28.3. The molecule has 0 fully saturated rings. The molecule has 0 unspecified atom stereocenters. The molecule has 0 aliphatic heterocycles. The monoisotopic (exact) mass is 920 g/mol. The van der Waals surface area contributed by atoms with Gasteiger partial charge >= 0.3 is 23.9 Å². The highest BCUT2D eigenvalue weighted by atomic mass is 79.9. The van der Waals surface area contributed by atoms with E-state index in [0.29, 0.717) is 27.6 Å². The van der Waals surface area contributed by atoms with Crippen LogP contribution in [-0.2, 0) is 43.5 Å². The van der Waals surface area contributed by atoms with Gasteiger partial charge in [-0.1, -0.05) is 126 Å². The number of halogens is 1. The van der Waals surface area contributed by atoms with Crippen LogP contribution < -0.4 is 0 Å². The van der Waals surface area contributed by atoms with Crippen LogP contribution in [-0.4, -0.2) is 69.9 Å². The molecule has 0 saturated carbocycles. The number of carbonyl (C=O) groups is 4. The van der Waals surface area contributed by atoms with Gasteiger partial charge in [-0.3, -0.25) is 0 Å². The molecule has 0 heterocycles. The van der Waals surface area contributed by atoms with Crippen LogP contribution in [0.15, 0.2) is 120 Å². The summed E-state index contributed by atoms with van der Waals surface area (Å²) in [5, 5.41) is 13.3. The molecule has 0 aliphatic rings. The van der Waals surface area contributed by atoms with Gasteiger partial charge in [0.25, 0.3) is 0 Å². The highest BCUT2D eigenvalue weighted by molar-refractivity contribution is 9.08. The number of esters is 4. The van der Waals surface area contributed by atoms with E-state index in [1.807, 2.05) is 136 Å². The number of carbonyl (C=O) groups excluding carboxylic acids is 4. The highest BCUT2D eigenvalue weighted by Crippen LogP contribution is 2.25. The molecular formula is C48H57BrO9S2. The summed E-state index contributed by atoms with van der Waals surface area (Å²) in [5.74, 6) is -1.43. The Labute approximate surface area is 373 Å². The molecular weight excluding hydrogens is 865 g/mol. The predicted molar refractivity (Wildman–Crippen MR) is 255 cm³/mol. The van der Waals surface area contributed by atoms with Crippen molar-refractivity contribution < 1.29 is 43.2 Å². The van der Waals surface area contributed by atoms with Crippen LogP contribution in [0.4, 0.5) is 0 Å². The molecule has 0 saturated heterocycles. The third-order valence-electron chi connectivity index (χ3n) is 8.27. The van der Waals surface area contributed by atoms with E-state index in [4.69, 9.17) is 19.3 Å². The molecule has 0 spiro atoms. The highest BCUT2D eigenvalue weighted by Gasteiger charge is 2.16. The molecule has 4 aromatic rings. The number of rotatable bonds is 11. The molecule has 12 heteroatoms. The maximum atomic E-state index is 11.7. The fraction of sp³-hybridized carbons (Fsp3) is 0.250. The molecule has 322 valence electrons. The number of alkyl halides is 1. The van der Waals surface area contributed by atoms with Crippen LogP contribution in [0.25, 0.3) is 22.3 Å². The molecule has 0 aromatic heterocycles. The van der Waals surface area contributed by atoms with Gasteiger partial charge in [-0.25, -0.2) is 19.2 Å². The normalized spacial score (nSPS) is 11.1. The quantitative estimate of drug-likeness (QED) is 0.0508. The van der Waals surface area contributed by atoms with E-state index in [-0.39, 0.29) is 30.9 Å². The summed E-state index contributed by atoms with van der Waals surface area (Å²) in [6, 6.07) is 30.6. The number of hydrogen-bond acceptors (Lipinski definition) is 11. The smallest absolute Gasteiger partial charge is 0.341 e. The van der Waals surface area contributed by atoms with Gasteiger partial charge in [-0.15, -0.1) is 23.5 Å². The molecule has 4 rings (SSSR count). The number of methoxy groups -OCH3 is 4. The van der Waals surface area contributed by atoms with Crippen molar-refractivity contribution in [2.24, 2.45) is 0 Å². The first-order valence-electron chi connectivity index (χ1n) is 18.0. The Balaban J connectivity index is 0.000000770. The van der Waals surface area contributed by atoms with E-state index >= 15 is 0 Å². The third-order valence-corrected chi connectivity index (χ3v) is 9.81. The van der Waals surface area contributed by atoms with E-state index in [1.165, 1.54) is 52.0 Å². The minimum Gasteiger partial charge on any atom is -0.515 e. The van der Waals surface area contributed by atoms with Gasteiger partial charge in [0.1, 0.15) is 5.57 Å². The van der Waals surface area contributed by atoms with E-state index in [9.17, 15) is 19.2 Å². The summed E-state index contributed by atoms with van der Waals surface area (Å²) >= 11 is 6.40. The molecule has 0 amide bonds. The fourth-order valence-corrected chi connectivity index (χ4v) is 6.67. The van der Waals surface area contributed by atoms with Crippen LogP contribution in [0.1, 0.15) is 58.9 Å². The van der Waals surface area contributed by atoms with Crippen molar-refractivity contribution in [1.29, 1.82) is 0 Å². The van der Waals surface area contributed by atoms with Crippen LogP contribution in [0, 0.1) is 20.8 Å². The van der Waals surface area contributed by atoms with E-state index in [0.717, 1.165) is 45.2 Å². The number of thioether (sulfide) groups is 2. The average molecular weight is 922 g/mol. The second kappa shape index (κ2) is 30.7. The molecule has 60 heavy (non-hydrogen) atoms. The van der Waals surface area contributed by atoms with Crippen molar-refractivity contribution in [3.63, 3.8) is 0 Å². The van der Waals surface area contributed by atoms with Crippen molar-refractivity contribution >= 4 is 85.6 Å². The maximum Gasteiger partial charge on any atom is 0.341 e. The van der Waals surface area contributed by atoms with Crippen LogP contribution >= 0.6 is 39.5 Å². The van der Waals surface area contributed by atoms with Crippen LogP contribution in [0.5, 0.6) is 0 Å². The molecule has 1 N–H and O–H groups in total. The predicted octanol–water partition coefficient (Wildman–Crippen LogP) is 11.6. The van der Waals surface area contributed by atoms with E-state index in [1.54, 1.807) is 18.2 Å². The minimum atomic E-state index is -0.540. The molecule has 0 atom stereocenters. The number of hydrogen-bond donors (Lipinski definition) is 1. The Morgan fingerprint density at radius 2 is 0.833 bits per heavy atom. The zero-order chi connectivity index (χ0) is 44.3. The maximum absolute atomic E-state index is 11.7. The molecule has 4 aromatic carbocycles. The fourth-order valence-electron chi connectivity index (χ4n) is 5.26. The molecule has 0 aliphatic carbocycles. The number of aryl methyl sites for hydroxylation is 3. The minimum absolute atomic E-state index is 0. The topological polar surface area (TPSA) is 125 Å². The Bertz CT molecular complexity index is 2050. The Hall–Kier alpha value is -5.30. The van der Waals surface area contributed by atoms with Crippen LogP contribution in [0.3, 0.4) is 0 Å². The number of allylic oxidation sites excluding steroid dienone is 1. The summed E-state index contributed by atoms with van der Waals surface area (Å²) in [7, 11) is 5.47. The van der Waals surface area contributed by atoms with Gasteiger partial charge in [0.15, 0.2) is 0 Å². The summed E-state index contributed by atoms with van der Waals surface area (Å²) in [4.78, 5) is 45.9. The van der Waals surface area contributed by atoms with Crippen molar-refractivity contribution in [2.75, 3.05) is 41.0 Å². The number of benzene rings is 4. The SMILES string of the molecule is C.C/C=C(/C(=O)OC)c1ccccc1C.COC(=O)/C(=C/O)c1ccccc1C.COC(=O)/C(=C/SC)c1ccccc1C.COC(=O)/C(=C/SC)c1ccccc1CBr. The zero-order valence-electron chi connectivity index (χ0n) is 35.2. The second-order valence-corrected chi connectivity index (χ2v) is 14.0. The van der Waals surface area contributed by atoms with E-state index < -0.39 is 5.97 Å². The van der Waals surface area contributed by atoms with Crippen molar-refractivity contribution in [2.45, 2.75) is 40.5 Å². The van der Waals surface area contributed by atoms with Gasteiger partial charge in [0.2, 0.25) is 0 Å². The summed E-state index contributed by atoms with van der Waals surface area (Å²) in [5.41, 5.74) is 9.60. The molecule has 0 radical (unpaired) electrons. The van der Waals surface area contributed by atoms with Gasteiger partial charge in [0.05, 0.1) is 51.4 Å². The Morgan fingerprint density at radius 1 is 0.533 bits per heavy atom. The molecule has 9 nitrogen and oxygen atoms in total. The second-order valence-electron chi connectivity index (χ2n) is 12.0. The van der Waals surface area contributed by atoms with Gasteiger partial charge < -0.3 is 24.1 Å². The van der Waals surface area contributed by atoms with Crippen molar-refractivity contribution in [3.05, 3.63) is 165 Å². The Kier molecular flexibility index (Phi) is 28.0. The lowest BCUT2D eigenvalue weighted by molar-refractivity contribution is -0.134. The van der Waals surface area contributed by atoms with Crippen molar-refractivity contribution in [1.82, 2.24) is 0 Å². The first-order valence-corrected chi connectivity index (χ1v) is 21.7. The lowest BCUT2D eigenvalue weighted by Gasteiger charge is -2.09.